The number of benzene rings is 2. The third-order valence-electron chi connectivity index (χ3n) is 6.70. The van der Waals surface area contributed by atoms with E-state index in [0.717, 1.165) is 48.7 Å². The minimum Gasteiger partial charge on any atom is -0.295 e. The molecular formula is C24H26ClN3O2S. The fraction of sp³-hybridized carbons (Fsp3) is 0.417. The van der Waals surface area contributed by atoms with Crippen LogP contribution in [0.5, 0.6) is 0 Å². The first-order valence-electron chi connectivity index (χ1n) is 10.8. The molecule has 5 nitrogen and oxygen atoms in total. The van der Waals surface area contributed by atoms with Crippen LogP contribution in [-0.4, -0.2) is 42.2 Å². The number of hydrogen-bond donors (Lipinski definition) is 0. The van der Waals surface area contributed by atoms with Crippen molar-refractivity contribution in [1.29, 1.82) is 0 Å². The van der Waals surface area contributed by atoms with E-state index in [-0.39, 0.29) is 17.6 Å². The van der Waals surface area contributed by atoms with Crippen molar-refractivity contribution in [3.63, 3.8) is 0 Å². The number of piperidine rings is 1. The van der Waals surface area contributed by atoms with Crippen molar-refractivity contribution >= 4 is 46.6 Å². The van der Waals surface area contributed by atoms with Crippen LogP contribution in [-0.2, 0) is 14.5 Å². The molecule has 0 saturated carbocycles. The van der Waals surface area contributed by atoms with Crippen LogP contribution in [0.25, 0.3) is 0 Å². The van der Waals surface area contributed by atoms with Crippen LogP contribution in [0.4, 0.5) is 11.4 Å². The molecule has 2 amide bonds. The number of hydrogen-bond acceptors (Lipinski definition) is 4. The molecule has 5 rings (SSSR count). The molecule has 0 aliphatic carbocycles. The number of likely N-dealkylation sites (tertiary alicyclic amines) is 1. The number of anilines is 2. The zero-order valence-electron chi connectivity index (χ0n) is 17.8. The predicted molar refractivity (Wildman–Crippen MR) is 127 cm³/mol. The maximum atomic E-state index is 14.1. The lowest BCUT2D eigenvalue weighted by molar-refractivity contribution is -0.124. The van der Waals surface area contributed by atoms with Gasteiger partial charge in [-0.25, -0.2) is 0 Å². The van der Waals surface area contributed by atoms with E-state index >= 15 is 0 Å². The highest BCUT2D eigenvalue weighted by atomic mass is 35.5. The summed E-state index contributed by atoms with van der Waals surface area (Å²) in [7, 11) is 0. The number of halogens is 1. The Morgan fingerprint density at radius 2 is 1.87 bits per heavy atom. The molecule has 2 aromatic rings. The van der Waals surface area contributed by atoms with Gasteiger partial charge >= 0.3 is 0 Å². The first-order valence-corrected chi connectivity index (χ1v) is 12.1. The lowest BCUT2D eigenvalue weighted by Crippen LogP contribution is -2.52. The van der Waals surface area contributed by atoms with E-state index in [9.17, 15) is 9.59 Å². The minimum atomic E-state index is -1.07. The molecule has 0 unspecified atom stereocenters. The van der Waals surface area contributed by atoms with Gasteiger partial charge in [-0.05, 0) is 49.4 Å². The van der Waals surface area contributed by atoms with E-state index in [2.05, 4.69) is 11.8 Å². The van der Waals surface area contributed by atoms with E-state index < -0.39 is 4.87 Å². The van der Waals surface area contributed by atoms with E-state index in [1.165, 1.54) is 11.8 Å². The predicted octanol–water partition coefficient (Wildman–Crippen LogP) is 4.62. The van der Waals surface area contributed by atoms with E-state index in [1.54, 1.807) is 11.0 Å². The Kier molecular flexibility index (Phi) is 5.27. The number of amides is 2. The number of fused-ring (bicyclic) bond motifs is 2. The molecular weight excluding hydrogens is 430 g/mol. The summed E-state index contributed by atoms with van der Waals surface area (Å²) >= 11 is 7.81. The summed E-state index contributed by atoms with van der Waals surface area (Å²) < 4.78 is 0. The summed E-state index contributed by atoms with van der Waals surface area (Å²) in [5.41, 5.74) is 3.40. The molecule has 2 fully saturated rings. The highest BCUT2D eigenvalue weighted by molar-refractivity contribution is 8.02. The Labute approximate surface area is 192 Å². The SMILES string of the molecule is Cc1ccc(N2C(=O)CS[C@]23C(=O)N(CN2CCC(C)CC2)c2ccccc23)cc1Cl. The second-order valence-electron chi connectivity index (χ2n) is 8.79. The van der Waals surface area contributed by atoms with Gasteiger partial charge in [0.2, 0.25) is 10.8 Å². The van der Waals surface area contributed by atoms with Crippen LogP contribution in [0.15, 0.2) is 42.5 Å². The van der Waals surface area contributed by atoms with Crippen LogP contribution in [0.1, 0.15) is 30.9 Å². The second kappa shape index (κ2) is 7.84. The van der Waals surface area contributed by atoms with Crippen molar-refractivity contribution in [1.82, 2.24) is 4.90 Å². The number of para-hydroxylation sites is 1. The Morgan fingerprint density at radius 1 is 1.13 bits per heavy atom. The number of aryl methyl sites for hydroxylation is 1. The number of carbonyl (C=O) groups is 2. The van der Waals surface area contributed by atoms with Crippen LogP contribution in [0.3, 0.4) is 0 Å². The second-order valence-corrected chi connectivity index (χ2v) is 10.4. The molecule has 0 bridgehead atoms. The minimum absolute atomic E-state index is 0.0418. The van der Waals surface area contributed by atoms with E-state index in [0.29, 0.717) is 17.4 Å². The van der Waals surface area contributed by atoms with Gasteiger partial charge in [-0.3, -0.25) is 24.3 Å². The number of thioether (sulfide) groups is 1. The highest BCUT2D eigenvalue weighted by Crippen LogP contribution is 2.55. The maximum absolute atomic E-state index is 14.1. The fourth-order valence-corrected chi connectivity index (χ4v) is 6.35. The molecule has 3 aliphatic rings. The van der Waals surface area contributed by atoms with Gasteiger partial charge in [-0.1, -0.05) is 42.8 Å². The summed E-state index contributed by atoms with van der Waals surface area (Å²) in [5.74, 6) is 0.885. The normalized spacial score (nSPS) is 24.5. The topological polar surface area (TPSA) is 43.9 Å². The smallest absolute Gasteiger partial charge is 0.269 e. The van der Waals surface area contributed by atoms with Gasteiger partial charge in [0.25, 0.3) is 5.91 Å². The highest BCUT2D eigenvalue weighted by Gasteiger charge is 2.61. The first kappa shape index (κ1) is 20.9. The van der Waals surface area contributed by atoms with Crippen molar-refractivity contribution in [2.24, 2.45) is 5.92 Å². The molecule has 0 N–H and O–H groups in total. The molecule has 1 atom stereocenters. The summed E-state index contributed by atoms with van der Waals surface area (Å²) in [5, 5.41) is 0.593. The molecule has 2 saturated heterocycles. The van der Waals surface area contributed by atoms with Crippen LogP contribution in [0, 0.1) is 12.8 Å². The lowest BCUT2D eigenvalue weighted by atomic mass is 10.00. The van der Waals surface area contributed by atoms with Crippen LogP contribution < -0.4 is 9.80 Å². The number of rotatable bonds is 3. The molecule has 1 spiro atoms. The Bertz CT molecular complexity index is 1050. The summed E-state index contributed by atoms with van der Waals surface area (Å²) in [6.07, 6.45) is 2.30. The van der Waals surface area contributed by atoms with Gasteiger partial charge in [-0.15, -0.1) is 11.8 Å². The summed E-state index contributed by atoms with van der Waals surface area (Å²) in [4.78, 5) is 32.0. The third-order valence-corrected chi connectivity index (χ3v) is 8.49. The Balaban J connectivity index is 1.57. The zero-order chi connectivity index (χ0) is 21.8. The fourth-order valence-electron chi connectivity index (χ4n) is 4.82. The molecule has 7 heteroatoms. The van der Waals surface area contributed by atoms with Gasteiger partial charge < -0.3 is 0 Å². The molecule has 162 valence electrons. The molecule has 2 aromatic carbocycles. The van der Waals surface area contributed by atoms with E-state index in [4.69, 9.17) is 11.6 Å². The summed E-state index contributed by atoms with van der Waals surface area (Å²) in [6, 6.07) is 13.5. The lowest BCUT2D eigenvalue weighted by Gasteiger charge is -2.36. The average molecular weight is 456 g/mol. The van der Waals surface area contributed by atoms with Crippen molar-refractivity contribution in [3.05, 3.63) is 58.6 Å². The standard InChI is InChI=1S/C24H26ClN3O2S/c1-16-9-11-26(12-10-16)15-27-21-6-4-3-5-19(21)24(23(27)30)28(22(29)14-31-24)18-8-7-17(2)20(25)13-18/h3-8,13,16H,9-12,14-15H2,1-2H3/t24-/m1/s1. The monoisotopic (exact) mass is 455 g/mol. The number of carbonyl (C=O) groups excluding carboxylic acids is 2. The van der Waals surface area contributed by atoms with Gasteiger partial charge in [0.15, 0.2) is 0 Å². The Hall–Kier alpha value is -2.02. The van der Waals surface area contributed by atoms with E-state index in [1.807, 2.05) is 48.2 Å². The van der Waals surface area contributed by atoms with Gasteiger partial charge in [0.1, 0.15) is 0 Å². The zero-order valence-corrected chi connectivity index (χ0v) is 19.4. The quantitative estimate of drug-likeness (QED) is 0.677. The molecule has 0 aromatic heterocycles. The largest absolute Gasteiger partial charge is 0.295 e. The van der Waals surface area contributed by atoms with Gasteiger partial charge in [-0.2, -0.15) is 0 Å². The summed E-state index contributed by atoms with van der Waals surface area (Å²) in [6.45, 7) is 6.75. The van der Waals surface area contributed by atoms with Crippen molar-refractivity contribution in [3.8, 4) is 0 Å². The van der Waals surface area contributed by atoms with Crippen molar-refractivity contribution < 1.29 is 9.59 Å². The van der Waals surface area contributed by atoms with Crippen LogP contribution in [0.2, 0.25) is 5.02 Å². The molecule has 3 aliphatic heterocycles. The molecule has 3 heterocycles. The first-order chi connectivity index (χ1) is 14.9. The van der Waals surface area contributed by atoms with Gasteiger partial charge in [0.05, 0.1) is 18.1 Å². The van der Waals surface area contributed by atoms with Crippen molar-refractivity contribution in [2.75, 3.05) is 35.3 Å². The third kappa shape index (κ3) is 3.27. The van der Waals surface area contributed by atoms with Crippen LogP contribution >= 0.6 is 23.4 Å². The average Bonchev–Trinajstić information content (AvgIpc) is 3.23. The van der Waals surface area contributed by atoms with Crippen molar-refractivity contribution in [2.45, 2.75) is 31.6 Å². The Morgan fingerprint density at radius 3 is 2.61 bits per heavy atom. The maximum Gasteiger partial charge on any atom is 0.269 e. The van der Waals surface area contributed by atoms with Gasteiger partial charge in [0, 0.05) is 29.4 Å². The molecule has 0 radical (unpaired) electrons. The number of nitrogens with zero attached hydrogens (tertiary/aromatic N) is 3. The molecule has 31 heavy (non-hydrogen) atoms.